The lowest BCUT2D eigenvalue weighted by molar-refractivity contribution is 0.581. The van der Waals surface area contributed by atoms with Crippen molar-refractivity contribution in [1.82, 2.24) is 29.8 Å². The molecule has 2 aromatic heterocycles. The number of nitrogens with one attached hydrogen (secondary N) is 1. The third kappa shape index (κ3) is 3.31. The van der Waals surface area contributed by atoms with Gasteiger partial charge in [-0.25, -0.2) is 9.49 Å². The molecule has 3 aromatic carbocycles. The lowest BCUT2D eigenvalue weighted by atomic mass is 10.1. The van der Waals surface area contributed by atoms with Crippen LogP contribution in [-0.4, -0.2) is 38.2 Å². The fourth-order valence-electron chi connectivity index (χ4n) is 3.28. The van der Waals surface area contributed by atoms with Crippen molar-refractivity contribution in [2.24, 2.45) is 0 Å². The first kappa shape index (κ1) is 19.5. The maximum absolute atomic E-state index is 13.5. The molecule has 0 unspecified atom stereocenters. The Morgan fingerprint density at radius 2 is 1.71 bits per heavy atom. The Hall–Kier alpha value is -3.44. The van der Waals surface area contributed by atoms with Gasteiger partial charge < -0.3 is 0 Å². The number of aromatic amines is 1. The van der Waals surface area contributed by atoms with E-state index in [2.05, 4.69) is 41.7 Å². The molecule has 11 heteroatoms. The first-order valence-electron chi connectivity index (χ1n) is 8.98. The quantitative estimate of drug-likeness (QED) is 0.401. The fourth-order valence-corrected chi connectivity index (χ4v) is 5.58. The smallest absolute Gasteiger partial charge is 0.239 e. The Kier molecular flexibility index (Phi) is 4.63. The third-order valence-corrected chi connectivity index (χ3v) is 7.30. The highest BCUT2D eigenvalue weighted by molar-refractivity contribution is 9.10. The average Bonchev–Trinajstić information content (AvgIpc) is 3.42. The van der Waals surface area contributed by atoms with Crippen molar-refractivity contribution in [1.29, 1.82) is 0 Å². The van der Waals surface area contributed by atoms with Gasteiger partial charge in [-0.15, -0.1) is 5.10 Å². The summed E-state index contributed by atoms with van der Waals surface area (Å²) in [5, 5.41) is 18.8. The van der Waals surface area contributed by atoms with E-state index in [-0.39, 0.29) is 9.37 Å². The molecule has 0 radical (unpaired) electrons. The minimum absolute atomic E-state index is 0.0816. The Morgan fingerprint density at radius 3 is 2.42 bits per heavy atom. The third-order valence-electron chi connectivity index (χ3n) is 4.73. The summed E-state index contributed by atoms with van der Waals surface area (Å²) < 4.78 is 41.3. The Morgan fingerprint density at radius 1 is 0.968 bits per heavy atom. The van der Waals surface area contributed by atoms with Crippen molar-refractivity contribution in [3.8, 4) is 22.6 Å². The zero-order valence-corrected chi connectivity index (χ0v) is 18.0. The van der Waals surface area contributed by atoms with Gasteiger partial charge in [0.15, 0.2) is 5.82 Å². The SMILES string of the molecule is O=S(=O)(c1ccc(F)cc1Br)n1nc(-c2ccc(-c3nnn[nH]3)cc2)c2ccccc21. The predicted octanol–water partition coefficient (Wildman–Crippen LogP) is 4.02. The second kappa shape index (κ2) is 7.36. The van der Waals surface area contributed by atoms with Gasteiger partial charge in [-0.2, -0.15) is 17.6 Å². The van der Waals surface area contributed by atoms with Crippen molar-refractivity contribution in [2.75, 3.05) is 0 Å². The lowest BCUT2D eigenvalue weighted by Crippen LogP contribution is -2.15. The molecule has 8 nitrogen and oxygen atoms in total. The van der Waals surface area contributed by atoms with Crippen LogP contribution in [-0.2, 0) is 10.0 Å². The topological polar surface area (TPSA) is 106 Å². The molecule has 0 amide bonds. The number of para-hydroxylation sites is 1. The molecule has 1 N–H and O–H groups in total. The average molecular weight is 499 g/mol. The standard InChI is InChI=1S/C20H12BrFN6O2S/c21-16-11-14(22)9-10-18(16)31(29,30)28-17-4-2-1-3-15(17)19(25-28)12-5-7-13(8-6-12)20-23-26-27-24-20/h1-11H,(H,23,24,26,27). The van der Waals surface area contributed by atoms with E-state index in [0.29, 0.717) is 22.4 Å². The highest BCUT2D eigenvalue weighted by atomic mass is 79.9. The van der Waals surface area contributed by atoms with E-state index in [9.17, 15) is 12.8 Å². The normalized spacial score (nSPS) is 11.8. The highest BCUT2D eigenvalue weighted by Crippen LogP contribution is 2.33. The van der Waals surface area contributed by atoms with Crippen LogP contribution >= 0.6 is 15.9 Å². The van der Waals surface area contributed by atoms with Crippen LogP contribution in [0.3, 0.4) is 0 Å². The molecule has 0 saturated carbocycles. The van der Waals surface area contributed by atoms with Crippen molar-refractivity contribution in [3.63, 3.8) is 0 Å². The molecule has 5 aromatic rings. The first-order valence-corrected chi connectivity index (χ1v) is 11.2. The molecule has 0 saturated heterocycles. The predicted molar refractivity (Wildman–Crippen MR) is 115 cm³/mol. The van der Waals surface area contributed by atoms with E-state index in [1.807, 2.05) is 30.3 Å². The molecule has 0 fully saturated rings. The van der Waals surface area contributed by atoms with Gasteiger partial charge >= 0.3 is 0 Å². The van der Waals surface area contributed by atoms with Crippen molar-refractivity contribution >= 4 is 36.9 Å². The summed E-state index contributed by atoms with van der Waals surface area (Å²) >= 11 is 3.14. The van der Waals surface area contributed by atoms with E-state index >= 15 is 0 Å². The van der Waals surface area contributed by atoms with Crippen LogP contribution in [0.5, 0.6) is 0 Å². The molecule has 2 heterocycles. The molecule has 154 valence electrons. The van der Waals surface area contributed by atoms with Gasteiger partial charge in [-0.05, 0) is 50.6 Å². The summed E-state index contributed by atoms with van der Waals surface area (Å²) in [5.74, 6) is -0.0236. The van der Waals surface area contributed by atoms with E-state index in [1.165, 1.54) is 6.07 Å². The van der Waals surface area contributed by atoms with E-state index < -0.39 is 15.8 Å². The van der Waals surface area contributed by atoms with Crippen LogP contribution in [0, 0.1) is 5.82 Å². The Labute approximate surface area is 183 Å². The summed E-state index contributed by atoms with van der Waals surface area (Å²) in [6.07, 6.45) is 0. The molecule has 0 aliphatic carbocycles. The van der Waals surface area contributed by atoms with E-state index in [0.717, 1.165) is 27.3 Å². The summed E-state index contributed by atoms with van der Waals surface area (Å²) in [4.78, 5) is -0.0816. The van der Waals surface area contributed by atoms with Gasteiger partial charge in [0, 0.05) is 21.0 Å². The second-order valence-corrected chi connectivity index (χ2v) is 9.21. The first-order chi connectivity index (χ1) is 14.9. The zero-order valence-electron chi connectivity index (χ0n) is 15.6. The number of rotatable bonds is 4. The lowest BCUT2D eigenvalue weighted by Gasteiger charge is -2.08. The van der Waals surface area contributed by atoms with Crippen LogP contribution in [0.1, 0.15) is 0 Å². The molecule has 5 rings (SSSR count). The highest BCUT2D eigenvalue weighted by Gasteiger charge is 2.25. The monoisotopic (exact) mass is 498 g/mol. The zero-order chi connectivity index (χ0) is 21.6. The van der Waals surface area contributed by atoms with Gasteiger partial charge in [-0.3, -0.25) is 0 Å². The molecule has 0 atom stereocenters. The van der Waals surface area contributed by atoms with Gasteiger partial charge in [0.1, 0.15) is 16.4 Å². The summed E-state index contributed by atoms with van der Waals surface area (Å²) in [7, 11) is -4.08. The maximum Gasteiger partial charge on any atom is 0.284 e. The number of halogens is 2. The van der Waals surface area contributed by atoms with Crippen LogP contribution in [0.25, 0.3) is 33.5 Å². The number of fused-ring (bicyclic) bond motifs is 1. The molecule has 0 spiro atoms. The second-order valence-electron chi connectivity index (χ2n) is 6.62. The molecule has 0 aliphatic heterocycles. The Balaban J connectivity index is 1.67. The number of benzene rings is 3. The minimum Gasteiger partial charge on any atom is -0.239 e. The Bertz CT molecular complexity index is 1520. The minimum atomic E-state index is -4.08. The largest absolute Gasteiger partial charge is 0.284 e. The van der Waals surface area contributed by atoms with Gasteiger partial charge in [0.25, 0.3) is 10.0 Å². The van der Waals surface area contributed by atoms with Crippen LogP contribution in [0.4, 0.5) is 4.39 Å². The number of hydrogen-bond acceptors (Lipinski definition) is 6. The summed E-state index contributed by atoms with van der Waals surface area (Å²) in [5.41, 5.74) is 2.41. The summed E-state index contributed by atoms with van der Waals surface area (Å²) in [6, 6.07) is 17.7. The van der Waals surface area contributed by atoms with Crippen molar-refractivity contribution in [2.45, 2.75) is 4.90 Å². The van der Waals surface area contributed by atoms with Gasteiger partial charge in [0.2, 0.25) is 0 Å². The number of nitrogens with zero attached hydrogens (tertiary/aromatic N) is 5. The van der Waals surface area contributed by atoms with Crippen LogP contribution in [0.15, 0.2) is 76.1 Å². The number of aromatic nitrogens is 6. The number of H-pyrrole nitrogens is 1. The van der Waals surface area contributed by atoms with Crippen LogP contribution < -0.4 is 0 Å². The number of hydrogen-bond donors (Lipinski definition) is 1. The van der Waals surface area contributed by atoms with E-state index in [1.54, 1.807) is 18.2 Å². The molecule has 31 heavy (non-hydrogen) atoms. The van der Waals surface area contributed by atoms with Gasteiger partial charge in [0.05, 0.1) is 5.52 Å². The molecule has 0 aliphatic rings. The fraction of sp³-hybridized carbons (Fsp3) is 0. The van der Waals surface area contributed by atoms with Crippen molar-refractivity contribution in [3.05, 3.63) is 77.0 Å². The van der Waals surface area contributed by atoms with Crippen LogP contribution in [0.2, 0.25) is 0 Å². The molecular weight excluding hydrogens is 487 g/mol. The molecular formula is C20H12BrFN6O2S. The molecule has 0 bridgehead atoms. The maximum atomic E-state index is 13.5. The van der Waals surface area contributed by atoms with E-state index in [4.69, 9.17) is 0 Å². The number of tetrazole rings is 1. The summed E-state index contributed by atoms with van der Waals surface area (Å²) in [6.45, 7) is 0. The van der Waals surface area contributed by atoms with Gasteiger partial charge in [-0.1, -0.05) is 42.5 Å². The van der Waals surface area contributed by atoms with Crippen molar-refractivity contribution < 1.29 is 12.8 Å².